The number of aromatic nitrogens is 4. The Labute approximate surface area is 272 Å². The van der Waals surface area contributed by atoms with E-state index in [4.69, 9.17) is 31.8 Å². The van der Waals surface area contributed by atoms with Gasteiger partial charge in [0.2, 0.25) is 24.4 Å². The van der Waals surface area contributed by atoms with Crippen LogP contribution in [0.25, 0.3) is 22.2 Å². The fourth-order valence-corrected chi connectivity index (χ4v) is 6.68. The molecule has 16 heteroatoms. The zero-order valence-electron chi connectivity index (χ0n) is 25.8. The summed E-state index contributed by atoms with van der Waals surface area (Å²) in [5.41, 5.74) is 5.54. The fraction of sp³-hybridized carbons (Fsp3) is 0.387. The largest absolute Gasteiger partial charge is 0.504 e. The normalized spacial score (nSPS) is 18.1. The fourth-order valence-electron chi connectivity index (χ4n) is 6.54. The molecule has 7 rings (SSSR count). The van der Waals surface area contributed by atoms with Crippen molar-refractivity contribution in [2.45, 2.75) is 46.3 Å². The second kappa shape index (κ2) is 11.1. The van der Waals surface area contributed by atoms with Crippen molar-refractivity contribution in [3.8, 4) is 28.4 Å². The molecule has 47 heavy (non-hydrogen) atoms. The lowest BCUT2D eigenvalue weighted by molar-refractivity contribution is -0.116. The van der Waals surface area contributed by atoms with Crippen molar-refractivity contribution in [3.05, 3.63) is 51.0 Å². The van der Waals surface area contributed by atoms with Crippen LogP contribution in [0.5, 0.6) is 17.2 Å². The summed E-state index contributed by atoms with van der Waals surface area (Å²) in [5.74, 6) is -1.97. The van der Waals surface area contributed by atoms with Crippen LogP contribution in [0.1, 0.15) is 37.0 Å². The number of nitrogens with one attached hydrogen (secondary N) is 2. The van der Waals surface area contributed by atoms with Gasteiger partial charge in [-0.15, -0.1) is 0 Å². The number of ether oxygens (including phenoxy) is 2. The van der Waals surface area contributed by atoms with E-state index in [1.54, 1.807) is 10.8 Å². The maximum absolute atomic E-state index is 14.9. The molecule has 3 aliphatic heterocycles. The highest BCUT2D eigenvalue weighted by molar-refractivity contribution is 6.33. The van der Waals surface area contributed by atoms with Gasteiger partial charge in [-0.2, -0.15) is 4.39 Å². The summed E-state index contributed by atoms with van der Waals surface area (Å²) < 4.78 is 29.1. The Morgan fingerprint density at radius 3 is 2.74 bits per heavy atom. The number of carbonyl (C=O) groups is 2. The average Bonchev–Trinajstić information content (AvgIpc) is 3.72. The van der Waals surface area contributed by atoms with Gasteiger partial charge in [0.1, 0.15) is 28.9 Å². The molecule has 1 aromatic carbocycles. The molecule has 3 aromatic heterocycles. The predicted molar refractivity (Wildman–Crippen MR) is 171 cm³/mol. The Morgan fingerprint density at radius 2 is 2.00 bits per heavy atom. The monoisotopic (exact) mass is 666 g/mol. The highest BCUT2D eigenvalue weighted by Crippen LogP contribution is 2.50. The molecule has 1 unspecified atom stereocenters. The number of rotatable bonds is 6. The van der Waals surface area contributed by atoms with E-state index in [0.29, 0.717) is 44.2 Å². The van der Waals surface area contributed by atoms with Gasteiger partial charge in [0.15, 0.2) is 11.5 Å². The number of aromatic hydroxyl groups is 1. The number of piperazine rings is 1. The Morgan fingerprint density at radius 1 is 1.23 bits per heavy atom. The Hall–Kier alpha value is -4.89. The van der Waals surface area contributed by atoms with Crippen molar-refractivity contribution >= 4 is 46.0 Å². The Balaban J connectivity index is 1.32. The van der Waals surface area contributed by atoms with Crippen molar-refractivity contribution in [2.75, 3.05) is 36.6 Å². The van der Waals surface area contributed by atoms with Gasteiger partial charge in [-0.25, -0.2) is 9.97 Å². The number of phenols is 1. The van der Waals surface area contributed by atoms with Crippen LogP contribution in [0, 0.1) is 11.4 Å². The lowest BCUT2D eigenvalue weighted by atomic mass is 9.92. The molecule has 0 saturated carbocycles. The number of fused-ring (bicyclic) bond motifs is 3. The van der Waals surface area contributed by atoms with Crippen LogP contribution < -0.4 is 36.3 Å². The molecule has 4 aromatic rings. The molecule has 1 fully saturated rings. The van der Waals surface area contributed by atoms with Crippen LogP contribution in [0.2, 0.25) is 5.02 Å². The summed E-state index contributed by atoms with van der Waals surface area (Å²) in [6, 6.07) is 2.89. The van der Waals surface area contributed by atoms with Gasteiger partial charge in [-0.05, 0) is 18.4 Å². The SMILES string of the molecule is CC1CNCCN1c1cc(NC(=O)Cn2cc(-c3cc(C(N)=O)c(O)c4c3OCO4)c3c(=O)n4c(nc32)CC(C)(C)C4)c(Cl)c(F)n1. The van der Waals surface area contributed by atoms with E-state index in [-0.39, 0.29) is 80.3 Å². The van der Waals surface area contributed by atoms with Crippen molar-refractivity contribution in [1.82, 2.24) is 24.4 Å². The van der Waals surface area contributed by atoms with Crippen molar-refractivity contribution in [1.29, 1.82) is 0 Å². The van der Waals surface area contributed by atoms with Crippen LogP contribution >= 0.6 is 11.6 Å². The first-order valence-corrected chi connectivity index (χ1v) is 15.4. The molecular weight excluding hydrogens is 635 g/mol. The third-order valence-corrected chi connectivity index (χ3v) is 9.10. The smallest absolute Gasteiger partial charge is 0.263 e. The topological polar surface area (TPSA) is 179 Å². The number of nitrogens with zero attached hydrogens (tertiary/aromatic N) is 5. The standard InChI is InChI=1S/C31H32ClFN8O6/c1-14-9-35-4-5-40(14)19-7-18(23(32)27(33)37-19)36-21(42)11-39-10-17(15-6-16(28(34)44)24(43)26-25(15)46-13-47-26)22-29(39)38-20-8-31(2,3)12-41(20)30(22)45/h6-7,10,14,35,43H,4-5,8-9,11-13H2,1-3H3,(H2,34,44)(H,36,37,42). The maximum Gasteiger partial charge on any atom is 0.263 e. The van der Waals surface area contributed by atoms with Gasteiger partial charge in [-0.1, -0.05) is 25.4 Å². The molecule has 5 N–H and O–H groups in total. The number of hydrogen-bond donors (Lipinski definition) is 4. The number of carbonyl (C=O) groups excluding carboxylic acids is 2. The molecule has 2 amide bonds. The van der Waals surface area contributed by atoms with E-state index < -0.39 is 23.5 Å². The first-order valence-electron chi connectivity index (χ1n) is 15.0. The average molecular weight is 667 g/mol. The quantitative estimate of drug-likeness (QED) is 0.224. The van der Waals surface area contributed by atoms with E-state index in [2.05, 4.69) is 15.6 Å². The van der Waals surface area contributed by atoms with E-state index in [1.165, 1.54) is 16.7 Å². The molecule has 3 aliphatic rings. The minimum absolute atomic E-state index is 0.0350. The summed E-state index contributed by atoms with van der Waals surface area (Å²) >= 11 is 6.26. The molecule has 0 spiro atoms. The number of amides is 2. The molecule has 1 atom stereocenters. The van der Waals surface area contributed by atoms with Gasteiger partial charge in [0.25, 0.3) is 11.5 Å². The Bertz CT molecular complexity index is 2060. The number of anilines is 2. The van der Waals surface area contributed by atoms with Crippen LogP contribution in [0.4, 0.5) is 15.9 Å². The van der Waals surface area contributed by atoms with Crippen molar-refractivity contribution < 1.29 is 28.6 Å². The van der Waals surface area contributed by atoms with Crippen LogP contribution in [0.3, 0.4) is 0 Å². The minimum atomic E-state index is -0.918. The summed E-state index contributed by atoms with van der Waals surface area (Å²) in [4.78, 5) is 50.7. The van der Waals surface area contributed by atoms with Gasteiger partial charge in [-0.3, -0.25) is 19.0 Å². The van der Waals surface area contributed by atoms with Gasteiger partial charge >= 0.3 is 0 Å². The zero-order chi connectivity index (χ0) is 33.4. The number of hydrogen-bond acceptors (Lipinski definition) is 10. The number of pyridine rings is 1. The van der Waals surface area contributed by atoms with Gasteiger partial charge < -0.3 is 40.4 Å². The molecule has 0 radical (unpaired) electrons. The third kappa shape index (κ3) is 5.19. The van der Waals surface area contributed by atoms with E-state index >= 15 is 0 Å². The molecule has 0 bridgehead atoms. The van der Waals surface area contributed by atoms with Crippen molar-refractivity contribution in [3.63, 3.8) is 0 Å². The summed E-state index contributed by atoms with van der Waals surface area (Å²) in [7, 11) is 0. The van der Waals surface area contributed by atoms with Gasteiger partial charge in [0.05, 0.1) is 16.6 Å². The zero-order valence-corrected chi connectivity index (χ0v) is 26.6. The molecule has 0 aliphatic carbocycles. The Kier molecular flexibility index (Phi) is 7.28. The molecule has 1 saturated heterocycles. The second-order valence-electron chi connectivity index (χ2n) is 12.8. The number of halogens is 2. The number of benzene rings is 1. The first-order chi connectivity index (χ1) is 22.3. The summed E-state index contributed by atoms with van der Waals surface area (Å²) in [6.45, 7) is 7.85. The highest BCUT2D eigenvalue weighted by atomic mass is 35.5. The molecular formula is C31H32ClFN8O6. The van der Waals surface area contributed by atoms with Crippen LogP contribution in [-0.4, -0.2) is 68.5 Å². The summed E-state index contributed by atoms with van der Waals surface area (Å²) in [6.07, 6.45) is 2.07. The molecule has 6 heterocycles. The summed E-state index contributed by atoms with van der Waals surface area (Å²) in [5, 5.41) is 16.4. The van der Waals surface area contributed by atoms with Crippen LogP contribution in [-0.2, 0) is 24.3 Å². The lowest BCUT2D eigenvalue weighted by Gasteiger charge is -2.35. The molecule has 246 valence electrons. The van der Waals surface area contributed by atoms with Crippen molar-refractivity contribution in [2.24, 2.45) is 11.1 Å². The second-order valence-corrected chi connectivity index (χ2v) is 13.2. The lowest BCUT2D eigenvalue weighted by Crippen LogP contribution is -2.50. The minimum Gasteiger partial charge on any atom is -0.504 e. The van der Waals surface area contributed by atoms with Gasteiger partial charge in [0, 0.05) is 62.0 Å². The number of primary amides is 1. The third-order valence-electron chi connectivity index (χ3n) is 8.74. The van der Waals surface area contributed by atoms with E-state index in [0.717, 1.165) is 0 Å². The number of nitrogens with two attached hydrogens (primary N) is 1. The highest BCUT2D eigenvalue weighted by Gasteiger charge is 2.35. The molecule has 14 nitrogen and oxygen atoms in total. The van der Waals surface area contributed by atoms with E-state index in [1.807, 2.05) is 25.7 Å². The first kappa shape index (κ1) is 30.7. The van der Waals surface area contributed by atoms with Crippen LogP contribution in [0.15, 0.2) is 23.1 Å². The predicted octanol–water partition coefficient (Wildman–Crippen LogP) is 2.60. The maximum atomic E-state index is 14.9. The van der Waals surface area contributed by atoms with E-state index in [9.17, 15) is 23.9 Å².